The van der Waals surface area contributed by atoms with E-state index in [1.807, 2.05) is 17.0 Å². The minimum absolute atomic E-state index is 0.0954. The molecule has 0 unspecified atom stereocenters. The van der Waals surface area contributed by atoms with Gasteiger partial charge in [-0.15, -0.1) is 0 Å². The lowest BCUT2D eigenvalue weighted by Gasteiger charge is -2.43. The molecule has 4 rings (SSSR count). The quantitative estimate of drug-likeness (QED) is 0.800. The molecule has 1 aromatic carbocycles. The number of hydrogen-bond acceptors (Lipinski definition) is 4. The first-order valence-electron chi connectivity index (χ1n) is 8.55. The van der Waals surface area contributed by atoms with E-state index in [4.69, 9.17) is 4.74 Å². The molecule has 2 aliphatic rings. The summed E-state index contributed by atoms with van der Waals surface area (Å²) in [6.45, 7) is 1.15. The lowest BCUT2D eigenvalue weighted by molar-refractivity contribution is -0.0754. The van der Waals surface area contributed by atoms with Crippen LogP contribution in [0.4, 0.5) is 0 Å². The molecule has 6 heteroatoms. The average Bonchev–Trinajstić information content (AvgIpc) is 2.63. The number of benzene rings is 1. The third kappa shape index (κ3) is 2.41. The highest BCUT2D eigenvalue weighted by atomic mass is 16.5. The van der Waals surface area contributed by atoms with Gasteiger partial charge in [0, 0.05) is 19.0 Å². The Kier molecular flexibility index (Phi) is 3.84. The van der Waals surface area contributed by atoms with Crippen molar-refractivity contribution in [2.75, 3.05) is 13.2 Å². The average molecular weight is 327 g/mol. The van der Waals surface area contributed by atoms with E-state index in [1.54, 1.807) is 19.2 Å². The van der Waals surface area contributed by atoms with Gasteiger partial charge in [-0.1, -0.05) is 31.0 Å². The zero-order chi connectivity index (χ0) is 16.7. The van der Waals surface area contributed by atoms with Crippen molar-refractivity contribution in [2.45, 2.75) is 37.8 Å². The predicted molar refractivity (Wildman–Crippen MR) is 90.0 cm³/mol. The number of carbonyl (C=O) groups excluding carboxylic acids is 1. The van der Waals surface area contributed by atoms with Gasteiger partial charge in [0.2, 0.25) is 0 Å². The van der Waals surface area contributed by atoms with E-state index in [0.717, 1.165) is 25.7 Å². The van der Waals surface area contributed by atoms with Crippen LogP contribution in [0.25, 0.3) is 10.8 Å². The number of hydrogen-bond donors (Lipinski definition) is 0. The largest absolute Gasteiger partial charge is 0.374 e. The second-order valence-corrected chi connectivity index (χ2v) is 6.58. The second kappa shape index (κ2) is 6.02. The number of nitrogens with zero attached hydrogens (tertiary/aromatic N) is 3. The smallest absolute Gasteiger partial charge is 0.275 e. The van der Waals surface area contributed by atoms with Gasteiger partial charge in [0.05, 0.1) is 24.1 Å². The minimum atomic E-state index is -0.181. The highest BCUT2D eigenvalue weighted by Gasteiger charge is 2.38. The standard InChI is InChI=1S/C18H21N3O3/c1-20-17(22)13-7-3-2-6-12(13)16(19-20)18(23)21-10-11-24-15-9-5-4-8-14(15)21/h2-3,6-7,14-15H,4-5,8-11H2,1H3/t14-,15+/m0/s1. The lowest BCUT2D eigenvalue weighted by atomic mass is 9.90. The van der Waals surface area contributed by atoms with Crippen LogP contribution >= 0.6 is 0 Å². The van der Waals surface area contributed by atoms with Gasteiger partial charge in [0.15, 0.2) is 5.69 Å². The molecule has 0 spiro atoms. The number of aryl methyl sites for hydroxylation is 1. The fourth-order valence-electron chi connectivity index (χ4n) is 3.94. The van der Waals surface area contributed by atoms with Gasteiger partial charge in [-0.2, -0.15) is 5.10 Å². The van der Waals surface area contributed by atoms with Gasteiger partial charge in [-0.25, -0.2) is 4.68 Å². The number of rotatable bonds is 1. The maximum atomic E-state index is 13.2. The van der Waals surface area contributed by atoms with Crippen LogP contribution in [0.1, 0.15) is 36.2 Å². The molecule has 1 amide bonds. The van der Waals surface area contributed by atoms with Crippen LogP contribution < -0.4 is 5.56 Å². The molecule has 1 saturated carbocycles. The maximum absolute atomic E-state index is 13.2. The third-order valence-corrected chi connectivity index (χ3v) is 5.15. The van der Waals surface area contributed by atoms with Crippen molar-refractivity contribution < 1.29 is 9.53 Å². The lowest BCUT2D eigenvalue weighted by Crippen LogP contribution is -2.55. The molecule has 1 aliphatic carbocycles. The molecule has 0 radical (unpaired) electrons. The normalized spacial score (nSPS) is 24.0. The van der Waals surface area contributed by atoms with Crippen molar-refractivity contribution >= 4 is 16.7 Å². The Bertz CT molecular complexity index is 843. The van der Waals surface area contributed by atoms with Crippen molar-refractivity contribution in [3.63, 3.8) is 0 Å². The van der Waals surface area contributed by atoms with Crippen molar-refractivity contribution in [1.82, 2.24) is 14.7 Å². The van der Waals surface area contributed by atoms with Crippen LogP contribution in [-0.2, 0) is 11.8 Å². The van der Waals surface area contributed by atoms with Crippen molar-refractivity contribution in [3.8, 4) is 0 Å². The highest BCUT2D eigenvalue weighted by Crippen LogP contribution is 2.30. The maximum Gasteiger partial charge on any atom is 0.275 e. The van der Waals surface area contributed by atoms with Crippen molar-refractivity contribution in [1.29, 1.82) is 0 Å². The van der Waals surface area contributed by atoms with E-state index >= 15 is 0 Å². The van der Waals surface area contributed by atoms with Crippen LogP contribution in [0.2, 0.25) is 0 Å². The Balaban J connectivity index is 1.78. The zero-order valence-corrected chi connectivity index (χ0v) is 13.8. The highest BCUT2D eigenvalue weighted by molar-refractivity contribution is 6.04. The van der Waals surface area contributed by atoms with Crippen LogP contribution in [0, 0.1) is 0 Å². The first-order valence-corrected chi connectivity index (χ1v) is 8.55. The van der Waals surface area contributed by atoms with Crippen LogP contribution in [0.5, 0.6) is 0 Å². The Labute approximate surface area is 140 Å². The first-order chi connectivity index (χ1) is 11.7. The minimum Gasteiger partial charge on any atom is -0.374 e. The van der Waals surface area contributed by atoms with Gasteiger partial charge >= 0.3 is 0 Å². The SMILES string of the molecule is Cn1nc(C(=O)N2CCO[C@@H]3CCCC[C@@H]32)c2ccccc2c1=O. The summed E-state index contributed by atoms with van der Waals surface area (Å²) in [4.78, 5) is 27.4. The summed E-state index contributed by atoms with van der Waals surface area (Å²) in [5.74, 6) is -0.0954. The van der Waals surface area contributed by atoms with Crippen molar-refractivity contribution in [2.24, 2.45) is 7.05 Å². The molecule has 2 heterocycles. The zero-order valence-electron chi connectivity index (χ0n) is 13.8. The molecule has 6 nitrogen and oxygen atoms in total. The molecule has 1 aromatic heterocycles. The molecular formula is C18H21N3O3. The molecular weight excluding hydrogens is 306 g/mol. The van der Waals surface area contributed by atoms with Gasteiger partial charge in [-0.3, -0.25) is 9.59 Å². The molecule has 1 aliphatic heterocycles. The number of fused-ring (bicyclic) bond motifs is 2. The number of ether oxygens (including phenoxy) is 1. The molecule has 126 valence electrons. The third-order valence-electron chi connectivity index (χ3n) is 5.15. The molecule has 1 saturated heterocycles. The summed E-state index contributed by atoms with van der Waals surface area (Å²) in [7, 11) is 1.59. The fraction of sp³-hybridized carbons (Fsp3) is 0.500. The number of amides is 1. The van der Waals surface area contributed by atoms with E-state index in [2.05, 4.69) is 5.10 Å². The van der Waals surface area contributed by atoms with E-state index in [0.29, 0.717) is 29.6 Å². The molecule has 0 bridgehead atoms. The molecule has 2 atom stereocenters. The van der Waals surface area contributed by atoms with Crippen LogP contribution in [0.3, 0.4) is 0 Å². The molecule has 2 fully saturated rings. The Hall–Kier alpha value is -2.21. The van der Waals surface area contributed by atoms with Gasteiger partial charge < -0.3 is 9.64 Å². The summed E-state index contributed by atoms with van der Waals surface area (Å²) < 4.78 is 7.12. The van der Waals surface area contributed by atoms with Gasteiger partial charge in [-0.05, 0) is 18.9 Å². The Morgan fingerprint density at radius 2 is 1.96 bits per heavy atom. The Morgan fingerprint density at radius 3 is 2.79 bits per heavy atom. The van der Waals surface area contributed by atoms with E-state index in [-0.39, 0.29) is 23.6 Å². The van der Waals surface area contributed by atoms with E-state index in [1.165, 1.54) is 4.68 Å². The summed E-state index contributed by atoms with van der Waals surface area (Å²) in [6.07, 6.45) is 4.39. The molecule has 24 heavy (non-hydrogen) atoms. The van der Waals surface area contributed by atoms with E-state index < -0.39 is 0 Å². The molecule has 0 N–H and O–H groups in total. The van der Waals surface area contributed by atoms with Gasteiger partial charge in [0.1, 0.15) is 0 Å². The summed E-state index contributed by atoms with van der Waals surface area (Å²) in [6, 6.07) is 7.32. The summed E-state index contributed by atoms with van der Waals surface area (Å²) >= 11 is 0. The molecule has 2 aromatic rings. The predicted octanol–water partition coefficient (Wildman–Crippen LogP) is 1.72. The second-order valence-electron chi connectivity index (χ2n) is 6.58. The van der Waals surface area contributed by atoms with Crippen LogP contribution in [0.15, 0.2) is 29.1 Å². The topological polar surface area (TPSA) is 64.4 Å². The summed E-state index contributed by atoms with van der Waals surface area (Å²) in [5, 5.41) is 5.45. The number of morpholine rings is 1. The first kappa shape index (κ1) is 15.3. The Morgan fingerprint density at radius 1 is 1.21 bits per heavy atom. The number of carbonyl (C=O) groups is 1. The fourth-order valence-corrected chi connectivity index (χ4v) is 3.94. The van der Waals surface area contributed by atoms with Gasteiger partial charge in [0.25, 0.3) is 11.5 Å². The number of aromatic nitrogens is 2. The van der Waals surface area contributed by atoms with E-state index in [9.17, 15) is 9.59 Å². The monoisotopic (exact) mass is 327 g/mol. The van der Waals surface area contributed by atoms with Crippen molar-refractivity contribution in [3.05, 3.63) is 40.3 Å². The summed E-state index contributed by atoms with van der Waals surface area (Å²) in [5.41, 5.74) is 0.179. The van der Waals surface area contributed by atoms with Crippen LogP contribution in [-0.4, -0.2) is 45.9 Å².